The fourth-order valence-corrected chi connectivity index (χ4v) is 2.30. The monoisotopic (exact) mass is 336 g/mol. The summed E-state index contributed by atoms with van der Waals surface area (Å²) in [6.45, 7) is 1.44. The van der Waals surface area contributed by atoms with Crippen LogP contribution < -0.4 is 5.32 Å². The average molecular weight is 336 g/mol. The predicted octanol–water partition coefficient (Wildman–Crippen LogP) is 3.41. The van der Waals surface area contributed by atoms with Crippen LogP contribution >= 0.6 is 0 Å². The molecule has 0 aliphatic heterocycles. The van der Waals surface area contributed by atoms with Gasteiger partial charge in [0.25, 0.3) is 5.89 Å². The minimum atomic E-state index is -2.10. The number of anilines is 2. The largest absolute Gasteiger partial charge is 0.404 e. The van der Waals surface area contributed by atoms with Crippen LogP contribution in [0.5, 0.6) is 0 Å². The fourth-order valence-electron chi connectivity index (χ4n) is 2.30. The molecule has 1 aromatic heterocycles. The zero-order valence-electron chi connectivity index (χ0n) is 13.5. The lowest BCUT2D eigenvalue weighted by atomic mass is 9.97. The van der Waals surface area contributed by atoms with Crippen molar-refractivity contribution in [2.75, 3.05) is 11.9 Å². The van der Waals surface area contributed by atoms with Crippen molar-refractivity contribution in [1.82, 2.24) is 15.3 Å². The Morgan fingerprint density at radius 1 is 1.33 bits per heavy atom. The number of carbonyl (C=O) groups excluding carboxylic acids is 1. The number of hydrogen-bond donors (Lipinski definition) is 2. The van der Waals surface area contributed by atoms with Gasteiger partial charge < -0.3 is 9.73 Å². The molecule has 0 aliphatic carbocycles. The molecule has 1 aromatic carbocycles. The summed E-state index contributed by atoms with van der Waals surface area (Å²) in [5.74, 6) is -0.266. The molecule has 2 rings (SSSR count). The summed E-state index contributed by atoms with van der Waals surface area (Å²) in [6, 6.07) is 9.17. The summed E-state index contributed by atoms with van der Waals surface area (Å²) in [7, 11) is 0. The number of hydrogen-bond acceptors (Lipinski definition) is 6. The van der Waals surface area contributed by atoms with Crippen LogP contribution in [0.3, 0.4) is 0 Å². The smallest absolute Gasteiger partial charge is 0.320 e. The Morgan fingerprint density at radius 2 is 2.08 bits per heavy atom. The van der Waals surface area contributed by atoms with E-state index in [2.05, 4.69) is 15.5 Å². The SMILES string of the molecule is CCCCC[C@@](F)(CN(O)C=O)c1nnc(Nc2ccccc2)o1. The fraction of sp³-hybridized carbons (Fsp3) is 0.438. The number of halogens is 1. The van der Waals surface area contributed by atoms with E-state index in [-0.39, 0.29) is 29.8 Å². The van der Waals surface area contributed by atoms with Crippen LogP contribution in [0.1, 0.15) is 38.5 Å². The lowest BCUT2D eigenvalue weighted by Gasteiger charge is -2.23. The molecule has 0 saturated carbocycles. The van der Waals surface area contributed by atoms with E-state index in [9.17, 15) is 10.0 Å². The van der Waals surface area contributed by atoms with Crippen molar-refractivity contribution >= 4 is 18.1 Å². The molecule has 0 fully saturated rings. The molecule has 0 radical (unpaired) electrons. The maximum atomic E-state index is 15.3. The summed E-state index contributed by atoms with van der Waals surface area (Å²) >= 11 is 0. The molecule has 1 heterocycles. The maximum Gasteiger partial charge on any atom is 0.320 e. The lowest BCUT2D eigenvalue weighted by molar-refractivity contribution is -0.160. The van der Waals surface area contributed by atoms with Crippen LogP contribution in [-0.4, -0.2) is 33.4 Å². The standard InChI is InChI=1S/C16H21FN4O3/c1-2-3-7-10-16(17,11-21(23)12-22)14-19-20-15(24-14)18-13-8-5-4-6-9-13/h4-6,8-9,12,23H,2-3,7,10-11H2,1H3,(H,18,20)/t16-/m1/s1. The molecule has 0 saturated heterocycles. The van der Waals surface area contributed by atoms with E-state index in [1.54, 1.807) is 12.1 Å². The molecule has 0 unspecified atom stereocenters. The second-order valence-electron chi connectivity index (χ2n) is 5.53. The summed E-state index contributed by atoms with van der Waals surface area (Å²) in [5, 5.41) is 20.0. The van der Waals surface area contributed by atoms with Crippen molar-refractivity contribution in [3.8, 4) is 0 Å². The number of para-hydroxylation sites is 1. The van der Waals surface area contributed by atoms with E-state index in [1.165, 1.54) is 0 Å². The number of unbranched alkanes of at least 4 members (excludes halogenated alkanes) is 2. The number of nitrogens with one attached hydrogen (secondary N) is 1. The van der Waals surface area contributed by atoms with E-state index in [4.69, 9.17) is 4.42 Å². The minimum Gasteiger partial charge on any atom is -0.404 e. The minimum absolute atomic E-state index is 0.0457. The van der Waals surface area contributed by atoms with Crippen LogP contribution in [0.25, 0.3) is 0 Å². The Bertz CT molecular complexity index is 637. The number of benzene rings is 1. The van der Waals surface area contributed by atoms with Crippen molar-refractivity contribution in [2.45, 2.75) is 38.3 Å². The predicted molar refractivity (Wildman–Crippen MR) is 85.5 cm³/mol. The highest BCUT2D eigenvalue weighted by Crippen LogP contribution is 2.33. The third kappa shape index (κ3) is 4.76. The average Bonchev–Trinajstić information content (AvgIpc) is 3.05. The molecule has 24 heavy (non-hydrogen) atoms. The normalized spacial score (nSPS) is 13.3. The highest BCUT2D eigenvalue weighted by molar-refractivity contribution is 5.51. The number of nitrogens with zero attached hydrogens (tertiary/aromatic N) is 3. The number of aromatic nitrogens is 2. The van der Waals surface area contributed by atoms with Gasteiger partial charge in [-0.3, -0.25) is 10.0 Å². The first-order chi connectivity index (χ1) is 11.6. The quantitative estimate of drug-likeness (QED) is 0.299. The Morgan fingerprint density at radius 3 is 2.75 bits per heavy atom. The van der Waals surface area contributed by atoms with E-state index < -0.39 is 12.2 Å². The van der Waals surface area contributed by atoms with Crippen molar-refractivity contribution in [3.05, 3.63) is 36.2 Å². The zero-order valence-corrected chi connectivity index (χ0v) is 13.5. The molecule has 130 valence electrons. The molecule has 0 aliphatic rings. The van der Waals surface area contributed by atoms with Crippen LogP contribution in [0.15, 0.2) is 34.7 Å². The number of rotatable bonds is 10. The molecule has 8 heteroatoms. The first-order valence-electron chi connectivity index (χ1n) is 7.83. The maximum absolute atomic E-state index is 15.3. The highest BCUT2D eigenvalue weighted by Gasteiger charge is 2.39. The summed E-state index contributed by atoms with van der Waals surface area (Å²) < 4.78 is 20.6. The van der Waals surface area contributed by atoms with Gasteiger partial charge in [-0.15, -0.1) is 5.10 Å². The molecule has 1 atom stereocenters. The van der Waals surface area contributed by atoms with Gasteiger partial charge in [0.1, 0.15) is 0 Å². The van der Waals surface area contributed by atoms with E-state index in [0.29, 0.717) is 6.42 Å². The summed E-state index contributed by atoms with van der Waals surface area (Å²) in [4.78, 5) is 10.6. The van der Waals surface area contributed by atoms with Gasteiger partial charge in [0, 0.05) is 5.69 Å². The van der Waals surface area contributed by atoms with E-state index in [1.807, 2.05) is 25.1 Å². The summed E-state index contributed by atoms with van der Waals surface area (Å²) in [5.41, 5.74) is -1.38. The van der Waals surface area contributed by atoms with Gasteiger partial charge >= 0.3 is 6.01 Å². The van der Waals surface area contributed by atoms with Gasteiger partial charge in [-0.05, 0) is 25.0 Å². The number of carbonyl (C=O) groups is 1. The van der Waals surface area contributed by atoms with Crippen LogP contribution in [0.2, 0.25) is 0 Å². The molecular weight excluding hydrogens is 315 g/mol. The first kappa shape index (κ1) is 17.9. The molecule has 2 N–H and O–H groups in total. The van der Waals surface area contributed by atoms with E-state index >= 15 is 4.39 Å². The van der Waals surface area contributed by atoms with Gasteiger partial charge in [0.2, 0.25) is 12.1 Å². The molecule has 1 amide bonds. The topological polar surface area (TPSA) is 91.5 Å². The number of alkyl halides is 1. The Kier molecular flexibility index (Phi) is 6.25. The van der Waals surface area contributed by atoms with Gasteiger partial charge in [0.15, 0.2) is 0 Å². The second kappa shape index (κ2) is 8.39. The Balaban J connectivity index is 2.15. The second-order valence-corrected chi connectivity index (χ2v) is 5.53. The Hall–Kier alpha value is -2.48. The third-order valence-electron chi connectivity index (χ3n) is 3.54. The van der Waals surface area contributed by atoms with Crippen LogP contribution in [0.4, 0.5) is 16.1 Å². The lowest BCUT2D eigenvalue weighted by Crippen LogP contribution is -2.36. The summed E-state index contributed by atoms with van der Waals surface area (Å²) in [6.07, 6.45) is 2.52. The van der Waals surface area contributed by atoms with Crippen molar-refractivity contribution < 1.29 is 18.8 Å². The third-order valence-corrected chi connectivity index (χ3v) is 3.54. The van der Waals surface area contributed by atoms with Gasteiger partial charge in [-0.1, -0.05) is 43.1 Å². The van der Waals surface area contributed by atoms with Gasteiger partial charge in [-0.2, -0.15) is 0 Å². The zero-order chi connectivity index (χ0) is 17.4. The van der Waals surface area contributed by atoms with Crippen molar-refractivity contribution in [2.24, 2.45) is 0 Å². The van der Waals surface area contributed by atoms with Crippen molar-refractivity contribution in [3.63, 3.8) is 0 Å². The van der Waals surface area contributed by atoms with Crippen LogP contribution in [-0.2, 0) is 10.5 Å². The van der Waals surface area contributed by atoms with E-state index in [0.717, 1.165) is 18.5 Å². The molecular formula is C16H21FN4O3. The first-order valence-corrected chi connectivity index (χ1v) is 7.83. The molecule has 2 aromatic rings. The van der Waals surface area contributed by atoms with Crippen molar-refractivity contribution in [1.29, 1.82) is 0 Å². The Labute approximate surface area is 139 Å². The number of hydroxylamine groups is 2. The van der Waals surface area contributed by atoms with Crippen LogP contribution in [0, 0.1) is 0 Å². The number of amides is 1. The molecule has 0 bridgehead atoms. The molecule has 7 nitrogen and oxygen atoms in total. The molecule has 0 spiro atoms. The highest BCUT2D eigenvalue weighted by atomic mass is 19.1. The van der Waals surface area contributed by atoms with Gasteiger partial charge in [-0.25, -0.2) is 9.45 Å². The van der Waals surface area contributed by atoms with Gasteiger partial charge in [0.05, 0.1) is 6.54 Å².